The Morgan fingerprint density at radius 1 is 1.00 bits per heavy atom. The van der Waals surface area contributed by atoms with Crippen LogP contribution in [0.5, 0.6) is 5.75 Å². The van der Waals surface area contributed by atoms with E-state index >= 15 is 0 Å². The lowest BCUT2D eigenvalue weighted by atomic mass is 10.1. The Morgan fingerprint density at radius 2 is 1.81 bits per heavy atom. The van der Waals surface area contributed by atoms with Crippen LogP contribution < -0.4 is 20.3 Å². The van der Waals surface area contributed by atoms with Crippen LogP contribution in [0.3, 0.4) is 0 Å². The molecule has 0 saturated carbocycles. The van der Waals surface area contributed by atoms with E-state index in [-0.39, 0.29) is 6.03 Å². The average molecular weight is 420 g/mol. The minimum atomic E-state index is -0.217. The molecular formula is C24H29N5O2. The molecule has 0 bridgehead atoms. The second kappa shape index (κ2) is 10.1. The van der Waals surface area contributed by atoms with E-state index < -0.39 is 0 Å². The molecule has 2 N–H and O–H groups in total. The molecule has 0 aliphatic carbocycles. The second-order valence-electron chi connectivity index (χ2n) is 7.78. The van der Waals surface area contributed by atoms with Crippen molar-refractivity contribution >= 4 is 22.6 Å². The maximum atomic E-state index is 12.0. The van der Waals surface area contributed by atoms with Crippen molar-refractivity contribution in [3.8, 4) is 5.75 Å². The smallest absolute Gasteiger partial charge is 0.315 e. The van der Waals surface area contributed by atoms with Gasteiger partial charge in [-0.1, -0.05) is 36.4 Å². The number of ether oxygens (including phenoxy) is 1. The van der Waals surface area contributed by atoms with Gasteiger partial charge in [0.1, 0.15) is 18.2 Å². The fourth-order valence-corrected chi connectivity index (χ4v) is 3.58. The third-order valence-electron chi connectivity index (χ3n) is 5.47. The summed E-state index contributed by atoms with van der Waals surface area (Å²) in [6, 6.07) is 18.0. The number of pyridine rings is 1. The van der Waals surface area contributed by atoms with Crippen LogP contribution in [0.25, 0.3) is 10.8 Å². The van der Waals surface area contributed by atoms with E-state index in [1.165, 1.54) is 5.39 Å². The molecule has 0 radical (unpaired) electrons. The second-order valence-corrected chi connectivity index (χ2v) is 7.78. The number of carbonyl (C=O) groups excluding carboxylic acids is 1. The molecule has 1 aromatic heterocycles. The Bertz CT molecular complexity index is 1000. The number of hydrogen-bond donors (Lipinski definition) is 2. The van der Waals surface area contributed by atoms with E-state index in [2.05, 4.69) is 44.6 Å². The number of nitrogens with zero attached hydrogens (tertiary/aromatic N) is 3. The van der Waals surface area contributed by atoms with Crippen LogP contribution in [0, 0.1) is 0 Å². The van der Waals surface area contributed by atoms with Gasteiger partial charge in [-0.25, -0.2) is 9.78 Å². The van der Waals surface area contributed by atoms with E-state index in [0.717, 1.165) is 48.7 Å². The molecule has 1 fully saturated rings. The Labute approximate surface area is 183 Å². The first-order valence-corrected chi connectivity index (χ1v) is 10.7. The average Bonchev–Trinajstić information content (AvgIpc) is 2.81. The van der Waals surface area contributed by atoms with Crippen molar-refractivity contribution in [1.82, 2.24) is 20.5 Å². The van der Waals surface area contributed by atoms with Crippen LogP contribution in [-0.4, -0.2) is 62.3 Å². The summed E-state index contributed by atoms with van der Waals surface area (Å²) >= 11 is 0. The fourth-order valence-electron chi connectivity index (χ4n) is 3.58. The maximum absolute atomic E-state index is 12.0. The highest BCUT2D eigenvalue weighted by atomic mass is 16.5. The third-order valence-corrected chi connectivity index (χ3v) is 5.47. The van der Waals surface area contributed by atoms with E-state index in [9.17, 15) is 4.79 Å². The molecule has 31 heavy (non-hydrogen) atoms. The highest BCUT2D eigenvalue weighted by molar-refractivity contribution is 5.83. The van der Waals surface area contributed by atoms with Gasteiger partial charge >= 0.3 is 6.03 Å². The quantitative estimate of drug-likeness (QED) is 0.577. The van der Waals surface area contributed by atoms with E-state index in [4.69, 9.17) is 4.74 Å². The zero-order valence-corrected chi connectivity index (χ0v) is 17.9. The summed E-state index contributed by atoms with van der Waals surface area (Å²) in [4.78, 5) is 21.2. The number of benzene rings is 2. The number of likely N-dealkylation sites (N-methyl/N-ethyl adjacent to an activating group) is 1. The van der Waals surface area contributed by atoms with Gasteiger partial charge in [-0.15, -0.1) is 0 Å². The van der Waals surface area contributed by atoms with Crippen molar-refractivity contribution in [2.24, 2.45) is 0 Å². The highest BCUT2D eigenvalue weighted by Crippen LogP contribution is 2.20. The molecular weight excluding hydrogens is 390 g/mol. The van der Waals surface area contributed by atoms with Crippen molar-refractivity contribution in [1.29, 1.82) is 0 Å². The minimum Gasteiger partial charge on any atom is -0.492 e. The lowest BCUT2D eigenvalue weighted by molar-refractivity contribution is 0.236. The normalized spacial score (nSPS) is 14.4. The number of urea groups is 1. The first-order valence-electron chi connectivity index (χ1n) is 10.7. The number of rotatable bonds is 7. The van der Waals surface area contributed by atoms with Crippen molar-refractivity contribution in [3.05, 3.63) is 66.4 Å². The Hall–Kier alpha value is -3.32. The number of hydrogen-bond acceptors (Lipinski definition) is 5. The zero-order valence-electron chi connectivity index (χ0n) is 17.9. The lowest BCUT2D eigenvalue weighted by Gasteiger charge is -2.33. The Kier molecular flexibility index (Phi) is 6.84. The molecule has 1 aliphatic heterocycles. The molecule has 2 heterocycles. The van der Waals surface area contributed by atoms with Gasteiger partial charge < -0.3 is 25.2 Å². The van der Waals surface area contributed by atoms with Gasteiger partial charge in [-0.3, -0.25) is 0 Å². The van der Waals surface area contributed by atoms with Crippen molar-refractivity contribution < 1.29 is 9.53 Å². The van der Waals surface area contributed by atoms with E-state index in [0.29, 0.717) is 19.7 Å². The topological polar surface area (TPSA) is 69.7 Å². The fraction of sp³-hybridized carbons (Fsp3) is 0.333. The largest absolute Gasteiger partial charge is 0.492 e. The first kappa shape index (κ1) is 20.9. The van der Waals surface area contributed by atoms with Gasteiger partial charge in [-0.2, -0.15) is 0 Å². The zero-order chi connectivity index (χ0) is 21.5. The number of nitrogens with one attached hydrogen (secondary N) is 2. The van der Waals surface area contributed by atoms with Gasteiger partial charge in [-0.05, 0) is 41.6 Å². The molecule has 1 aliphatic rings. The number of anilines is 1. The molecule has 2 amide bonds. The van der Waals surface area contributed by atoms with Crippen LogP contribution in [0.1, 0.15) is 5.56 Å². The summed E-state index contributed by atoms with van der Waals surface area (Å²) < 4.78 is 5.74. The van der Waals surface area contributed by atoms with Gasteiger partial charge in [0.05, 0.1) is 6.54 Å². The minimum absolute atomic E-state index is 0.217. The van der Waals surface area contributed by atoms with Crippen molar-refractivity contribution in [2.75, 3.05) is 51.3 Å². The first-order chi connectivity index (χ1) is 15.2. The van der Waals surface area contributed by atoms with Crippen LogP contribution in [0.4, 0.5) is 10.6 Å². The third kappa shape index (κ3) is 5.86. The molecule has 0 atom stereocenters. The summed E-state index contributed by atoms with van der Waals surface area (Å²) in [5, 5.41) is 8.00. The summed E-state index contributed by atoms with van der Waals surface area (Å²) in [5.41, 5.74) is 0.973. The molecule has 1 saturated heterocycles. The van der Waals surface area contributed by atoms with Gasteiger partial charge in [0.25, 0.3) is 0 Å². The predicted molar refractivity (Wildman–Crippen MR) is 124 cm³/mol. The molecule has 4 rings (SSSR count). The van der Waals surface area contributed by atoms with Crippen molar-refractivity contribution in [2.45, 2.75) is 6.54 Å². The summed E-state index contributed by atoms with van der Waals surface area (Å²) in [6.07, 6.45) is 1.83. The van der Waals surface area contributed by atoms with Crippen LogP contribution in [0.2, 0.25) is 0 Å². The lowest BCUT2D eigenvalue weighted by Crippen LogP contribution is -2.44. The highest BCUT2D eigenvalue weighted by Gasteiger charge is 2.15. The maximum Gasteiger partial charge on any atom is 0.315 e. The molecule has 0 unspecified atom stereocenters. The predicted octanol–water partition coefficient (Wildman–Crippen LogP) is 2.86. The number of carbonyl (C=O) groups is 1. The number of aromatic nitrogens is 1. The Balaban J connectivity index is 1.15. The summed E-state index contributed by atoms with van der Waals surface area (Å²) in [6.45, 7) is 5.36. The summed E-state index contributed by atoms with van der Waals surface area (Å²) in [5.74, 6) is 1.79. The number of fused-ring (bicyclic) bond motifs is 1. The number of piperazine rings is 1. The number of amides is 2. The van der Waals surface area contributed by atoms with Crippen LogP contribution >= 0.6 is 0 Å². The van der Waals surface area contributed by atoms with E-state index in [1.54, 1.807) is 0 Å². The molecule has 162 valence electrons. The standard InChI is InChI=1S/C24H29N5O2/c1-28-11-13-29(14-12-28)23-9-6-19(17-26-23)18-27-24(30)25-10-15-31-22-8-7-20-4-2-3-5-21(20)16-22/h2-9,16-17H,10-15,18H2,1H3,(H2,25,27,30). The van der Waals surface area contributed by atoms with Gasteiger partial charge in [0, 0.05) is 38.9 Å². The summed E-state index contributed by atoms with van der Waals surface area (Å²) in [7, 11) is 2.14. The monoisotopic (exact) mass is 419 g/mol. The van der Waals surface area contributed by atoms with Gasteiger partial charge in [0.2, 0.25) is 0 Å². The van der Waals surface area contributed by atoms with Crippen LogP contribution in [0.15, 0.2) is 60.8 Å². The van der Waals surface area contributed by atoms with Crippen molar-refractivity contribution in [3.63, 3.8) is 0 Å². The molecule has 7 heteroatoms. The molecule has 3 aromatic rings. The van der Waals surface area contributed by atoms with Crippen LogP contribution in [-0.2, 0) is 6.54 Å². The van der Waals surface area contributed by atoms with E-state index in [1.807, 2.05) is 48.7 Å². The molecule has 0 spiro atoms. The Morgan fingerprint density at radius 3 is 2.58 bits per heavy atom. The molecule has 7 nitrogen and oxygen atoms in total. The molecule has 2 aromatic carbocycles. The van der Waals surface area contributed by atoms with Gasteiger partial charge in [0.15, 0.2) is 0 Å². The SMILES string of the molecule is CN1CCN(c2ccc(CNC(=O)NCCOc3ccc4ccccc4c3)cn2)CC1.